The maximum absolute atomic E-state index is 12.8. The van der Waals surface area contributed by atoms with Crippen LogP contribution < -0.4 is 10.1 Å². The minimum atomic E-state index is -3.74. The molecule has 0 unspecified atom stereocenters. The number of nitrogens with one attached hydrogen (secondary N) is 1. The summed E-state index contributed by atoms with van der Waals surface area (Å²) in [5, 5.41) is 12.4. The van der Waals surface area contributed by atoms with Crippen LogP contribution in [0.2, 0.25) is 5.15 Å². The number of nitrogens with zero attached hydrogens (tertiary/aromatic N) is 2. The molecule has 0 aliphatic carbocycles. The molecule has 0 spiro atoms. The van der Waals surface area contributed by atoms with Gasteiger partial charge in [0.2, 0.25) is 15.9 Å². The number of hydrogen-bond donors (Lipinski definition) is 2. The summed E-state index contributed by atoms with van der Waals surface area (Å²) in [6, 6.07) is 7.81. The molecule has 3 rings (SSSR count). The molecule has 1 aromatic carbocycles. The number of halogens is 1. The second kappa shape index (κ2) is 8.98. The van der Waals surface area contributed by atoms with Gasteiger partial charge in [-0.05, 0) is 42.7 Å². The monoisotopic (exact) mass is 439 g/mol. The molecule has 0 atom stereocenters. The predicted molar refractivity (Wildman–Crippen MR) is 107 cm³/mol. The number of amides is 1. The second-order valence-corrected chi connectivity index (χ2v) is 8.96. The molecule has 1 fully saturated rings. The second-order valence-electron chi connectivity index (χ2n) is 6.69. The van der Waals surface area contributed by atoms with Crippen LogP contribution in [0.5, 0.6) is 11.5 Å². The van der Waals surface area contributed by atoms with Gasteiger partial charge in [0.25, 0.3) is 0 Å². The van der Waals surface area contributed by atoms with Gasteiger partial charge in [-0.25, -0.2) is 13.4 Å². The minimum Gasteiger partial charge on any atom is -0.504 e. The zero-order valence-corrected chi connectivity index (χ0v) is 17.4. The van der Waals surface area contributed by atoms with Crippen LogP contribution in [0.25, 0.3) is 0 Å². The molecule has 10 heteroatoms. The summed E-state index contributed by atoms with van der Waals surface area (Å²) in [7, 11) is -2.28. The molecule has 1 amide bonds. The summed E-state index contributed by atoms with van der Waals surface area (Å²) in [5.74, 6) is -0.0347. The summed E-state index contributed by atoms with van der Waals surface area (Å²) in [5.41, 5.74) is 0.791. The van der Waals surface area contributed by atoms with Crippen molar-refractivity contribution in [2.45, 2.75) is 24.3 Å². The summed E-state index contributed by atoms with van der Waals surface area (Å²) >= 11 is 5.93. The highest BCUT2D eigenvalue weighted by atomic mass is 35.5. The molecule has 0 radical (unpaired) electrons. The van der Waals surface area contributed by atoms with Crippen LogP contribution in [0.15, 0.2) is 41.4 Å². The van der Waals surface area contributed by atoms with Gasteiger partial charge in [0, 0.05) is 31.7 Å². The number of benzene rings is 1. The number of pyridine rings is 1. The van der Waals surface area contributed by atoms with Gasteiger partial charge in [-0.2, -0.15) is 4.31 Å². The molecule has 29 heavy (non-hydrogen) atoms. The summed E-state index contributed by atoms with van der Waals surface area (Å²) in [4.78, 5) is 16.3. The van der Waals surface area contributed by atoms with Crippen molar-refractivity contribution >= 4 is 27.5 Å². The van der Waals surface area contributed by atoms with Crippen molar-refractivity contribution in [1.82, 2.24) is 14.6 Å². The van der Waals surface area contributed by atoms with Crippen molar-refractivity contribution in [2.24, 2.45) is 5.92 Å². The number of sulfonamides is 1. The van der Waals surface area contributed by atoms with E-state index in [0.717, 1.165) is 5.56 Å². The van der Waals surface area contributed by atoms with Crippen LogP contribution >= 0.6 is 11.6 Å². The average Bonchev–Trinajstić information content (AvgIpc) is 2.73. The van der Waals surface area contributed by atoms with Crippen LogP contribution in [0.3, 0.4) is 0 Å². The number of piperidine rings is 1. The molecular formula is C19H22ClN3O5S. The Balaban J connectivity index is 1.56. The first kappa shape index (κ1) is 21.4. The first-order chi connectivity index (χ1) is 13.8. The summed E-state index contributed by atoms with van der Waals surface area (Å²) in [6.07, 6.45) is 2.27. The zero-order valence-electron chi connectivity index (χ0n) is 15.8. The fraction of sp³-hybridized carbons (Fsp3) is 0.368. The molecule has 1 aromatic heterocycles. The summed E-state index contributed by atoms with van der Waals surface area (Å²) < 4.78 is 31.9. The van der Waals surface area contributed by atoms with Crippen molar-refractivity contribution in [2.75, 3.05) is 20.2 Å². The molecule has 2 heterocycles. The van der Waals surface area contributed by atoms with E-state index in [-0.39, 0.29) is 40.7 Å². The van der Waals surface area contributed by atoms with Crippen LogP contribution in [0, 0.1) is 5.92 Å². The Hall–Kier alpha value is -2.36. The Bertz CT molecular complexity index is 991. The quantitative estimate of drug-likeness (QED) is 0.667. The number of aromatic nitrogens is 1. The lowest BCUT2D eigenvalue weighted by molar-refractivity contribution is -0.126. The van der Waals surface area contributed by atoms with E-state index in [2.05, 4.69) is 10.3 Å². The molecule has 0 saturated carbocycles. The van der Waals surface area contributed by atoms with E-state index in [1.807, 2.05) is 0 Å². The van der Waals surface area contributed by atoms with Crippen molar-refractivity contribution < 1.29 is 23.1 Å². The van der Waals surface area contributed by atoms with Crippen molar-refractivity contribution in [3.63, 3.8) is 0 Å². The lowest BCUT2D eigenvalue weighted by Gasteiger charge is -2.30. The maximum Gasteiger partial charge on any atom is 0.246 e. The molecule has 1 saturated heterocycles. The third-order valence-corrected chi connectivity index (χ3v) is 7.22. The SMILES string of the molecule is COc1cc(CNC(=O)C2CCN(S(=O)(=O)c3cccnc3Cl)CC2)ccc1O. The molecule has 2 aromatic rings. The number of aromatic hydroxyl groups is 1. The lowest BCUT2D eigenvalue weighted by atomic mass is 9.97. The fourth-order valence-corrected chi connectivity index (χ4v) is 5.12. The van der Waals surface area contributed by atoms with Gasteiger partial charge in [-0.3, -0.25) is 4.79 Å². The number of phenols is 1. The predicted octanol–water partition coefficient (Wildman–Crippen LogP) is 2.17. The number of phenolic OH excluding ortho intramolecular Hbond substituents is 1. The Labute approximate surface area is 174 Å². The number of carbonyl (C=O) groups excluding carboxylic acids is 1. The maximum atomic E-state index is 12.8. The minimum absolute atomic E-state index is 0.0224. The number of hydrogen-bond acceptors (Lipinski definition) is 6. The van der Waals surface area contributed by atoms with E-state index >= 15 is 0 Å². The zero-order chi connectivity index (χ0) is 21.0. The Morgan fingerprint density at radius 1 is 1.34 bits per heavy atom. The highest BCUT2D eigenvalue weighted by Crippen LogP contribution is 2.28. The molecule has 8 nitrogen and oxygen atoms in total. The molecule has 156 valence electrons. The van der Waals surface area contributed by atoms with E-state index in [0.29, 0.717) is 25.1 Å². The Kier molecular flexibility index (Phi) is 6.61. The third kappa shape index (κ3) is 4.80. The topological polar surface area (TPSA) is 109 Å². The Morgan fingerprint density at radius 2 is 2.07 bits per heavy atom. The first-order valence-corrected chi connectivity index (χ1v) is 10.9. The van der Waals surface area contributed by atoms with E-state index in [1.54, 1.807) is 12.1 Å². The Morgan fingerprint density at radius 3 is 2.72 bits per heavy atom. The third-order valence-electron chi connectivity index (χ3n) is 4.88. The largest absolute Gasteiger partial charge is 0.504 e. The first-order valence-electron chi connectivity index (χ1n) is 9.07. The van der Waals surface area contributed by atoms with Crippen molar-refractivity contribution in [3.05, 3.63) is 47.2 Å². The standard InChI is InChI=1S/C19H22ClN3O5S/c1-28-16-11-13(4-5-15(16)24)12-22-19(25)14-6-9-23(10-7-14)29(26,27)17-3-2-8-21-18(17)20/h2-5,8,11,14,24H,6-7,9-10,12H2,1H3,(H,22,25). The van der Waals surface area contributed by atoms with Crippen molar-refractivity contribution in [3.8, 4) is 11.5 Å². The highest BCUT2D eigenvalue weighted by molar-refractivity contribution is 7.89. The van der Waals surface area contributed by atoms with Gasteiger partial charge in [0.05, 0.1) is 7.11 Å². The molecule has 2 N–H and O–H groups in total. The molecule has 0 bridgehead atoms. The van der Waals surface area contributed by atoms with E-state index in [9.17, 15) is 18.3 Å². The van der Waals surface area contributed by atoms with E-state index in [1.165, 1.54) is 35.8 Å². The number of rotatable bonds is 6. The normalized spacial score (nSPS) is 15.8. The number of ether oxygens (including phenoxy) is 1. The number of methoxy groups -OCH3 is 1. The fourth-order valence-electron chi connectivity index (χ4n) is 3.23. The average molecular weight is 440 g/mol. The molecule has 1 aliphatic rings. The van der Waals surface area contributed by atoms with E-state index in [4.69, 9.17) is 16.3 Å². The van der Waals surface area contributed by atoms with Gasteiger partial charge in [-0.15, -0.1) is 0 Å². The van der Waals surface area contributed by atoms with E-state index < -0.39 is 10.0 Å². The van der Waals surface area contributed by atoms with Crippen LogP contribution in [0.4, 0.5) is 0 Å². The smallest absolute Gasteiger partial charge is 0.246 e. The molecular weight excluding hydrogens is 418 g/mol. The lowest BCUT2D eigenvalue weighted by Crippen LogP contribution is -2.42. The van der Waals surface area contributed by atoms with Gasteiger partial charge in [0.15, 0.2) is 11.5 Å². The van der Waals surface area contributed by atoms with Gasteiger partial charge in [0.1, 0.15) is 10.0 Å². The van der Waals surface area contributed by atoms with Gasteiger partial charge >= 0.3 is 0 Å². The van der Waals surface area contributed by atoms with Crippen LogP contribution in [0.1, 0.15) is 18.4 Å². The summed E-state index contributed by atoms with van der Waals surface area (Å²) in [6.45, 7) is 0.761. The number of carbonyl (C=O) groups is 1. The van der Waals surface area contributed by atoms with Crippen molar-refractivity contribution in [1.29, 1.82) is 0 Å². The van der Waals surface area contributed by atoms with Crippen LogP contribution in [-0.2, 0) is 21.4 Å². The highest BCUT2D eigenvalue weighted by Gasteiger charge is 2.33. The van der Waals surface area contributed by atoms with Gasteiger partial charge < -0.3 is 15.2 Å². The molecule has 1 aliphatic heterocycles. The van der Waals surface area contributed by atoms with Crippen LogP contribution in [-0.4, -0.2) is 48.9 Å². The van der Waals surface area contributed by atoms with Gasteiger partial charge in [-0.1, -0.05) is 17.7 Å².